The predicted molar refractivity (Wildman–Crippen MR) is 76.0 cm³/mol. The summed E-state index contributed by atoms with van der Waals surface area (Å²) in [7, 11) is 1.56. The third-order valence-electron chi connectivity index (χ3n) is 2.71. The van der Waals surface area contributed by atoms with Crippen LogP contribution in [0.3, 0.4) is 0 Å². The number of benzene rings is 1. The van der Waals surface area contributed by atoms with Crippen molar-refractivity contribution in [1.82, 2.24) is 0 Å². The third kappa shape index (κ3) is 3.84. The number of rotatable bonds is 6. The Hall–Kier alpha value is -1.36. The van der Waals surface area contributed by atoms with Gasteiger partial charge in [-0.1, -0.05) is 0 Å². The Labute approximate surface area is 112 Å². The number of hydrogen-bond acceptors (Lipinski definition) is 4. The van der Waals surface area contributed by atoms with E-state index in [1.54, 1.807) is 37.1 Å². The minimum Gasteiger partial charge on any atom is -0.497 e. The van der Waals surface area contributed by atoms with Crippen LogP contribution in [0.5, 0.6) is 5.75 Å². The van der Waals surface area contributed by atoms with Gasteiger partial charge in [0.2, 0.25) is 0 Å². The van der Waals surface area contributed by atoms with Crippen LogP contribution in [0.25, 0.3) is 0 Å². The first-order valence-corrected chi connectivity index (χ1v) is 6.82. The van der Waals surface area contributed by atoms with E-state index < -0.39 is 5.97 Å². The highest BCUT2D eigenvalue weighted by Gasteiger charge is 2.18. The smallest absolute Gasteiger partial charge is 0.337 e. The summed E-state index contributed by atoms with van der Waals surface area (Å²) in [6.45, 7) is 4.89. The summed E-state index contributed by atoms with van der Waals surface area (Å²) in [4.78, 5) is 11.1. The molecule has 0 fully saturated rings. The Morgan fingerprint density at radius 1 is 1.50 bits per heavy atom. The van der Waals surface area contributed by atoms with Crippen molar-refractivity contribution in [1.29, 1.82) is 0 Å². The summed E-state index contributed by atoms with van der Waals surface area (Å²) in [5.41, 5.74) is 0.844. The zero-order valence-corrected chi connectivity index (χ0v) is 11.9. The SMILES string of the molecule is COc1ccc(C(=O)O)c(NCC(C)(C)SC)c1. The maximum Gasteiger partial charge on any atom is 0.337 e. The topological polar surface area (TPSA) is 58.6 Å². The Morgan fingerprint density at radius 3 is 2.67 bits per heavy atom. The highest BCUT2D eigenvalue weighted by Crippen LogP contribution is 2.26. The molecule has 0 aliphatic carbocycles. The molecular formula is C13H19NO3S. The first-order valence-electron chi connectivity index (χ1n) is 5.60. The summed E-state index contributed by atoms with van der Waals surface area (Å²) in [5, 5.41) is 12.3. The zero-order valence-electron chi connectivity index (χ0n) is 11.1. The number of thioether (sulfide) groups is 1. The lowest BCUT2D eigenvalue weighted by Gasteiger charge is -2.23. The molecule has 0 unspecified atom stereocenters. The molecule has 2 N–H and O–H groups in total. The fourth-order valence-corrected chi connectivity index (χ4v) is 1.58. The molecule has 0 bridgehead atoms. The average molecular weight is 269 g/mol. The van der Waals surface area contributed by atoms with Gasteiger partial charge in [-0.25, -0.2) is 4.79 Å². The molecule has 0 radical (unpaired) electrons. The van der Waals surface area contributed by atoms with Crippen LogP contribution >= 0.6 is 11.8 Å². The zero-order chi connectivity index (χ0) is 13.8. The normalized spacial score (nSPS) is 11.1. The van der Waals surface area contributed by atoms with Gasteiger partial charge >= 0.3 is 5.97 Å². The maximum atomic E-state index is 11.1. The van der Waals surface area contributed by atoms with Crippen LogP contribution in [-0.2, 0) is 0 Å². The average Bonchev–Trinajstić information content (AvgIpc) is 2.36. The molecule has 1 rings (SSSR count). The quantitative estimate of drug-likeness (QED) is 0.831. The highest BCUT2D eigenvalue weighted by molar-refractivity contribution is 7.99. The lowest BCUT2D eigenvalue weighted by molar-refractivity contribution is 0.0698. The Balaban J connectivity index is 2.94. The van der Waals surface area contributed by atoms with E-state index in [0.29, 0.717) is 18.0 Å². The Bertz CT molecular complexity index is 432. The highest BCUT2D eigenvalue weighted by atomic mass is 32.2. The molecule has 0 aliphatic rings. The van der Waals surface area contributed by atoms with Crippen molar-refractivity contribution >= 4 is 23.4 Å². The number of hydrogen-bond donors (Lipinski definition) is 2. The molecule has 0 atom stereocenters. The largest absolute Gasteiger partial charge is 0.497 e. The standard InChI is InChI=1S/C13H19NO3S/c1-13(2,18-4)8-14-11-7-9(17-3)5-6-10(11)12(15)16/h5-7,14H,8H2,1-4H3,(H,15,16). The molecule has 1 aromatic rings. The van der Waals surface area contributed by atoms with Crippen LogP contribution in [-0.4, -0.2) is 35.7 Å². The first kappa shape index (κ1) is 14.7. The van der Waals surface area contributed by atoms with E-state index in [4.69, 9.17) is 9.84 Å². The number of nitrogens with one attached hydrogen (secondary N) is 1. The molecule has 0 saturated carbocycles. The van der Waals surface area contributed by atoms with Crippen molar-refractivity contribution in [3.63, 3.8) is 0 Å². The Kier molecular flexibility index (Phi) is 4.90. The van der Waals surface area contributed by atoms with E-state index in [1.165, 1.54) is 0 Å². The van der Waals surface area contributed by atoms with Crippen LogP contribution in [0.15, 0.2) is 18.2 Å². The summed E-state index contributed by atoms with van der Waals surface area (Å²) < 4.78 is 5.15. The van der Waals surface area contributed by atoms with E-state index in [-0.39, 0.29) is 10.3 Å². The van der Waals surface area contributed by atoms with Crippen molar-refractivity contribution in [3.05, 3.63) is 23.8 Å². The van der Waals surface area contributed by atoms with Crippen LogP contribution in [0.1, 0.15) is 24.2 Å². The number of methoxy groups -OCH3 is 1. The molecule has 5 heteroatoms. The molecule has 0 amide bonds. The number of anilines is 1. The number of carboxylic acid groups (broad SMARTS) is 1. The minimum absolute atomic E-state index is 0.0405. The van der Waals surface area contributed by atoms with Crippen LogP contribution < -0.4 is 10.1 Å². The summed E-state index contributed by atoms with van der Waals surface area (Å²) in [5.74, 6) is -0.299. The second-order valence-electron chi connectivity index (χ2n) is 4.53. The van der Waals surface area contributed by atoms with Gasteiger partial charge in [-0.2, -0.15) is 11.8 Å². The predicted octanol–water partition coefficient (Wildman–Crippen LogP) is 2.95. The number of aromatic carboxylic acids is 1. The van der Waals surface area contributed by atoms with Gasteiger partial charge in [0.25, 0.3) is 0 Å². The molecular weight excluding hydrogens is 250 g/mol. The van der Waals surface area contributed by atoms with Crippen LogP contribution in [0.2, 0.25) is 0 Å². The van der Waals surface area contributed by atoms with E-state index >= 15 is 0 Å². The molecule has 4 nitrogen and oxygen atoms in total. The second-order valence-corrected chi connectivity index (χ2v) is 6.05. The minimum atomic E-state index is -0.942. The van der Waals surface area contributed by atoms with Crippen molar-refractivity contribution in [3.8, 4) is 5.75 Å². The van der Waals surface area contributed by atoms with E-state index in [1.807, 2.05) is 6.26 Å². The van der Waals surface area contributed by atoms with Crippen LogP contribution in [0, 0.1) is 0 Å². The van der Waals surface area contributed by atoms with Gasteiger partial charge in [0.05, 0.1) is 18.4 Å². The second kappa shape index (κ2) is 6.00. The van der Waals surface area contributed by atoms with Gasteiger partial charge in [-0.05, 0) is 32.2 Å². The van der Waals surface area contributed by atoms with Gasteiger partial charge in [-0.15, -0.1) is 0 Å². The fraction of sp³-hybridized carbons (Fsp3) is 0.462. The molecule has 1 aromatic carbocycles. The number of ether oxygens (including phenoxy) is 1. The lowest BCUT2D eigenvalue weighted by atomic mass is 10.1. The molecule has 0 saturated heterocycles. The fourth-order valence-electron chi connectivity index (χ4n) is 1.36. The lowest BCUT2D eigenvalue weighted by Crippen LogP contribution is -2.26. The van der Waals surface area contributed by atoms with Gasteiger partial charge in [-0.3, -0.25) is 0 Å². The van der Waals surface area contributed by atoms with Crippen molar-refractivity contribution in [2.75, 3.05) is 25.2 Å². The summed E-state index contributed by atoms with van der Waals surface area (Å²) in [6, 6.07) is 4.91. The Morgan fingerprint density at radius 2 is 2.17 bits per heavy atom. The monoisotopic (exact) mass is 269 g/mol. The van der Waals surface area contributed by atoms with Crippen LogP contribution in [0.4, 0.5) is 5.69 Å². The molecule has 0 spiro atoms. The molecule has 0 aromatic heterocycles. The van der Waals surface area contributed by atoms with E-state index in [9.17, 15) is 4.79 Å². The molecule has 18 heavy (non-hydrogen) atoms. The number of carboxylic acids is 1. The van der Waals surface area contributed by atoms with E-state index in [0.717, 1.165) is 0 Å². The number of carbonyl (C=O) groups is 1. The van der Waals surface area contributed by atoms with Gasteiger partial charge < -0.3 is 15.2 Å². The molecule has 0 aliphatic heterocycles. The third-order valence-corrected chi connectivity index (χ3v) is 3.96. The van der Waals surface area contributed by atoms with Crippen molar-refractivity contribution in [2.24, 2.45) is 0 Å². The molecule has 100 valence electrons. The van der Waals surface area contributed by atoms with Crippen molar-refractivity contribution < 1.29 is 14.6 Å². The molecule has 0 heterocycles. The summed E-state index contributed by atoms with van der Waals surface area (Å²) >= 11 is 1.73. The summed E-state index contributed by atoms with van der Waals surface area (Å²) in [6.07, 6.45) is 2.03. The van der Waals surface area contributed by atoms with Gasteiger partial charge in [0, 0.05) is 17.4 Å². The maximum absolute atomic E-state index is 11.1. The van der Waals surface area contributed by atoms with Gasteiger partial charge in [0.15, 0.2) is 0 Å². The van der Waals surface area contributed by atoms with E-state index in [2.05, 4.69) is 19.2 Å². The van der Waals surface area contributed by atoms with Crippen molar-refractivity contribution in [2.45, 2.75) is 18.6 Å². The first-order chi connectivity index (χ1) is 8.39. The van der Waals surface area contributed by atoms with Gasteiger partial charge in [0.1, 0.15) is 5.75 Å².